The van der Waals surface area contributed by atoms with E-state index in [1.54, 1.807) is 11.3 Å². The van der Waals surface area contributed by atoms with Crippen molar-refractivity contribution in [2.45, 2.75) is 25.7 Å². The summed E-state index contributed by atoms with van der Waals surface area (Å²) in [6.45, 7) is 0. The molecule has 0 amide bonds. The third-order valence-corrected chi connectivity index (χ3v) is 4.25. The van der Waals surface area contributed by atoms with E-state index >= 15 is 0 Å². The van der Waals surface area contributed by atoms with Crippen molar-refractivity contribution in [1.82, 2.24) is 9.97 Å². The minimum absolute atomic E-state index is 0.270. The van der Waals surface area contributed by atoms with E-state index in [1.807, 2.05) is 0 Å². The Kier molecular flexibility index (Phi) is 2.07. The molecule has 78 valence electrons. The van der Waals surface area contributed by atoms with E-state index in [4.69, 9.17) is 17.3 Å². The second kappa shape index (κ2) is 3.32. The number of nitrogen functional groups attached to an aromatic ring is 1. The molecule has 0 spiro atoms. The average molecular weight is 240 g/mol. The molecule has 0 aliphatic heterocycles. The number of hydrogen-bond donors (Lipinski definition) is 1. The number of hydrogen-bond acceptors (Lipinski definition) is 4. The molecule has 3 nitrogen and oxygen atoms in total. The Balaban J connectivity index is 2.37. The zero-order valence-corrected chi connectivity index (χ0v) is 9.66. The van der Waals surface area contributed by atoms with E-state index in [1.165, 1.54) is 23.3 Å². The summed E-state index contributed by atoms with van der Waals surface area (Å²) in [6.07, 6.45) is 4.74. The minimum Gasteiger partial charge on any atom is -0.368 e. The van der Waals surface area contributed by atoms with Gasteiger partial charge in [0.05, 0.1) is 5.39 Å². The summed E-state index contributed by atoms with van der Waals surface area (Å²) in [5.74, 6) is 0.270. The first kappa shape index (κ1) is 9.36. The SMILES string of the molecule is Nc1nc(Cl)c2c3c(sc2n1)CCCC3. The van der Waals surface area contributed by atoms with Crippen molar-refractivity contribution in [2.75, 3.05) is 5.73 Å². The second-order valence-corrected chi connectivity index (χ2v) is 5.21. The summed E-state index contributed by atoms with van der Waals surface area (Å²) < 4.78 is 0. The van der Waals surface area contributed by atoms with E-state index < -0.39 is 0 Å². The van der Waals surface area contributed by atoms with Gasteiger partial charge in [0, 0.05) is 4.88 Å². The number of rotatable bonds is 0. The molecule has 2 N–H and O–H groups in total. The Morgan fingerprint density at radius 3 is 2.87 bits per heavy atom. The number of nitrogens with zero attached hydrogens (tertiary/aromatic N) is 2. The number of anilines is 1. The van der Waals surface area contributed by atoms with Gasteiger partial charge in [-0.1, -0.05) is 11.6 Å². The molecule has 0 saturated carbocycles. The van der Waals surface area contributed by atoms with Crippen molar-refractivity contribution in [3.63, 3.8) is 0 Å². The van der Waals surface area contributed by atoms with Crippen LogP contribution in [0.3, 0.4) is 0 Å². The molecule has 2 aromatic heterocycles. The monoisotopic (exact) mass is 239 g/mol. The average Bonchev–Trinajstić information content (AvgIpc) is 2.54. The van der Waals surface area contributed by atoms with Crippen LogP contribution in [0.25, 0.3) is 10.2 Å². The predicted molar refractivity (Wildman–Crippen MR) is 63.5 cm³/mol. The molecular weight excluding hydrogens is 230 g/mol. The Bertz CT molecular complexity index is 535. The quantitative estimate of drug-likeness (QED) is 0.720. The second-order valence-electron chi connectivity index (χ2n) is 3.76. The lowest BCUT2D eigenvalue weighted by atomic mass is 9.97. The fourth-order valence-corrected chi connectivity index (χ4v) is 3.74. The molecule has 15 heavy (non-hydrogen) atoms. The standard InChI is InChI=1S/C10H10ClN3S/c11-8-7-5-3-1-2-4-6(5)15-9(7)14-10(12)13-8/h1-4H2,(H2,12,13,14). The molecule has 0 radical (unpaired) electrons. The lowest BCUT2D eigenvalue weighted by Gasteiger charge is -2.10. The molecule has 0 aromatic carbocycles. The van der Waals surface area contributed by atoms with Gasteiger partial charge in [0.15, 0.2) is 0 Å². The zero-order valence-electron chi connectivity index (χ0n) is 8.09. The number of halogens is 1. The summed E-state index contributed by atoms with van der Waals surface area (Å²) in [5.41, 5.74) is 6.94. The van der Waals surface area contributed by atoms with Gasteiger partial charge >= 0.3 is 0 Å². The summed E-state index contributed by atoms with van der Waals surface area (Å²) in [6, 6.07) is 0. The van der Waals surface area contributed by atoms with Gasteiger partial charge in [0.2, 0.25) is 5.95 Å². The van der Waals surface area contributed by atoms with Crippen LogP contribution in [0.2, 0.25) is 5.15 Å². The van der Waals surface area contributed by atoms with Crippen molar-refractivity contribution in [2.24, 2.45) is 0 Å². The molecule has 1 aliphatic carbocycles. The molecule has 0 fully saturated rings. The number of aryl methyl sites for hydroxylation is 2. The molecule has 0 atom stereocenters. The van der Waals surface area contributed by atoms with Gasteiger partial charge in [-0.25, -0.2) is 9.97 Å². The van der Waals surface area contributed by atoms with E-state index in [0.717, 1.165) is 23.1 Å². The highest BCUT2D eigenvalue weighted by molar-refractivity contribution is 7.19. The Morgan fingerprint density at radius 2 is 2.00 bits per heavy atom. The highest BCUT2D eigenvalue weighted by Crippen LogP contribution is 2.38. The van der Waals surface area contributed by atoms with Crippen molar-refractivity contribution < 1.29 is 0 Å². The lowest BCUT2D eigenvalue weighted by Crippen LogP contribution is -1.99. The van der Waals surface area contributed by atoms with Gasteiger partial charge < -0.3 is 5.73 Å². The van der Waals surface area contributed by atoms with E-state index in [0.29, 0.717) is 5.15 Å². The highest BCUT2D eigenvalue weighted by atomic mass is 35.5. The summed E-state index contributed by atoms with van der Waals surface area (Å²) >= 11 is 7.83. The molecule has 0 unspecified atom stereocenters. The van der Waals surface area contributed by atoms with E-state index in [9.17, 15) is 0 Å². The van der Waals surface area contributed by atoms with Crippen LogP contribution in [0, 0.1) is 0 Å². The van der Waals surface area contributed by atoms with Gasteiger partial charge in [-0.2, -0.15) is 0 Å². The van der Waals surface area contributed by atoms with Gasteiger partial charge in [-0.3, -0.25) is 0 Å². The molecule has 5 heteroatoms. The van der Waals surface area contributed by atoms with Crippen LogP contribution in [0.5, 0.6) is 0 Å². The van der Waals surface area contributed by atoms with Crippen LogP contribution in [-0.4, -0.2) is 9.97 Å². The van der Waals surface area contributed by atoms with Crippen LogP contribution in [0.15, 0.2) is 0 Å². The first-order chi connectivity index (χ1) is 7.25. The maximum Gasteiger partial charge on any atom is 0.222 e. The van der Waals surface area contributed by atoms with Gasteiger partial charge in [0.1, 0.15) is 9.98 Å². The fraction of sp³-hybridized carbons (Fsp3) is 0.400. The number of nitrogens with two attached hydrogens (primary N) is 1. The maximum atomic E-state index is 6.12. The number of aromatic nitrogens is 2. The van der Waals surface area contributed by atoms with Gasteiger partial charge in [-0.05, 0) is 31.2 Å². The third kappa shape index (κ3) is 1.40. The van der Waals surface area contributed by atoms with Crippen LogP contribution in [-0.2, 0) is 12.8 Å². The minimum atomic E-state index is 0.270. The molecule has 0 bridgehead atoms. The Hall–Kier alpha value is -0.870. The van der Waals surface area contributed by atoms with Crippen LogP contribution in [0.4, 0.5) is 5.95 Å². The Morgan fingerprint density at radius 1 is 1.20 bits per heavy atom. The molecule has 2 aromatic rings. The normalized spacial score (nSPS) is 15.5. The van der Waals surface area contributed by atoms with Crippen LogP contribution < -0.4 is 5.73 Å². The number of fused-ring (bicyclic) bond motifs is 3. The maximum absolute atomic E-state index is 6.12. The molecule has 3 rings (SSSR count). The lowest BCUT2D eigenvalue weighted by molar-refractivity contribution is 0.700. The fourth-order valence-electron chi connectivity index (χ4n) is 2.13. The first-order valence-corrected chi connectivity index (χ1v) is 6.18. The number of thiophene rings is 1. The molecule has 2 heterocycles. The van der Waals surface area contributed by atoms with Crippen LogP contribution >= 0.6 is 22.9 Å². The molecular formula is C10H10ClN3S. The van der Waals surface area contributed by atoms with E-state index in [-0.39, 0.29) is 5.95 Å². The topological polar surface area (TPSA) is 51.8 Å². The summed E-state index contributed by atoms with van der Waals surface area (Å²) in [7, 11) is 0. The first-order valence-electron chi connectivity index (χ1n) is 4.99. The summed E-state index contributed by atoms with van der Waals surface area (Å²) in [4.78, 5) is 10.6. The smallest absolute Gasteiger partial charge is 0.222 e. The van der Waals surface area contributed by atoms with Gasteiger partial charge in [0.25, 0.3) is 0 Å². The predicted octanol–water partition coefficient (Wildman–Crippen LogP) is 2.81. The van der Waals surface area contributed by atoms with Gasteiger partial charge in [-0.15, -0.1) is 11.3 Å². The zero-order chi connectivity index (χ0) is 10.4. The molecule has 0 saturated heterocycles. The van der Waals surface area contributed by atoms with Crippen molar-refractivity contribution in [3.8, 4) is 0 Å². The van der Waals surface area contributed by atoms with Crippen LogP contribution in [0.1, 0.15) is 23.3 Å². The Labute approximate surface area is 96.3 Å². The summed E-state index contributed by atoms with van der Waals surface area (Å²) in [5, 5.41) is 1.54. The third-order valence-electron chi connectivity index (χ3n) is 2.79. The van der Waals surface area contributed by atoms with Crippen molar-refractivity contribution >= 4 is 39.1 Å². The highest BCUT2D eigenvalue weighted by Gasteiger charge is 2.19. The van der Waals surface area contributed by atoms with E-state index in [2.05, 4.69) is 9.97 Å². The van der Waals surface area contributed by atoms with Crippen molar-refractivity contribution in [1.29, 1.82) is 0 Å². The largest absolute Gasteiger partial charge is 0.368 e. The van der Waals surface area contributed by atoms with Crippen molar-refractivity contribution in [3.05, 3.63) is 15.6 Å². The molecule has 1 aliphatic rings.